The van der Waals surface area contributed by atoms with Gasteiger partial charge in [0.05, 0.1) is 25.6 Å². The molecule has 0 aromatic carbocycles. The smallest absolute Gasteiger partial charge is 0.271 e. The molecule has 7 nitrogen and oxygen atoms in total. The first-order valence-corrected chi connectivity index (χ1v) is 3.95. The van der Waals surface area contributed by atoms with Gasteiger partial charge in [-0.3, -0.25) is 4.79 Å². The van der Waals surface area contributed by atoms with Crippen molar-refractivity contribution >= 4 is 11.7 Å². The van der Waals surface area contributed by atoms with E-state index < -0.39 is 12.0 Å². The number of amides is 1. The van der Waals surface area contributed by atoms with Gasteiger partial charge in [0.1, 0.15) is 5.82 Å². The number of hydrogen-bond acceptors (Lipinski definition) is 5. The van der Waals surface area contributed by atoms with E-state index in [1.165, 1.54) is 10.9 Å². The van der Waals surface area contributed by atoms with Gasteiger partial charge in [-0.05, 0) is 0 Å². The van der Waals surface area contributed by atoms with E-state index in [0.29, 0.717) is 0 Å². The minimum atomic E-state index is -0.938. The highest BCUT2D eigenvalue weighted by Crippen LogP contribution is 2.09. The third-order valence-electron chi connectivity index (χ3n) is 1.73. The van der Waals surface area contributed by atoms with Gasteiger partial charge in [-0.25, -0.2) is 4.98 Å². The number of nitrogens with zero attached hydrogens (tertiary/aromatic N) is 2. The Kier molecular flexibility index (Phi) is 3.05. The van der Waals surface area contributed by atoms with Crippen molar-refractivity contribution in [2.75, 3.05) is 12.3 Å². The fraction of sp³-hybridized carbons (Fsp3) is 0.429. The van der Waals surface area contributed by atoms with Crippen molar-refractivity contribution in [1.82, 2.24) is 9.55 Å². The molecule has 1 aromatic rings. The molecule has 7 heteroatoms. The summed E-state index contributed by atoms with van der Waals surface area (Å²) in [5.41, 5.74) is 10.5. The summed E-state index contributed by atoms with van der Waals surface area (Å²) in [6.45, 7) is -0.313. The second kappa shape index (κ2) is 4.07. The molecule has 1 rings (SSSR count). The molecule has 0 aliphatic carbocycles. The number of primary amides is 1. The van der Waals surface area contributed by atoms with Crippen molar-refractivity contribution in [2.45, 2.75) is 12.6 Å². The summed E-state index contributed by atoms with van der Waals surface area (Å²) < 4.78 is 1.35. The average Bonchev–Trinajstić information content (AvgIpc) is 2.48. The van der Waals surface area contributed by atoms with Gasteiger partial charge in [0.25, 0.3) is 5.91 Å². The second-order valence-corrected chi connectivity index (χ2v) is 2.83. The van der Waals surface area contributed by atoms with Crippen LogP contribution in [0.25, 0.3) is 0 Å². The Morgan fingerprint density at radius 1 is 1.71 bits per heavy atom. The number of nitrogens with two attached hydrogens (primary N) is 2. The molecular weight excluding hydrogens is 188 g/mol. The number of aliphatic hydroxyl groups is 2. The number of rotatable bonds is 4. The van der Waals surface area contributed by atoms with Crippen molar-refractivity contribution in [1.29, 1.82) is 0 Å². The van der Waals surface area contributed by atoms with Crippen LogP contribution < -0.4 is 11.5 Å². The van der Waals surface area contributed by atoms with Crippen LogP contribution in [0.4, 0.5) is 5.82 Å². The minimum absolute atomic E-state index is 0.0323. The molecule has 0 fully saturated rings. The topological polar surface area (TPSA) is 127 Å². The number of nitrogen functional groups attached to an aromatic ring is 1. The lowest BCUT2D eigenvalue weighted by Crippen LogP contribution is -2.21. The maximum atomic E-state index is 10.7. The molecule has 6 N–H and O–H groups in total. The zero-order chi connectivity index (χ0) is 10.7. The van der Waals surface area contributed by atoms with Crippen LogP contribution in [0.3, 0.4) is 0 Å². The lowest BCUT2D eigenvalue weighted by atomic mass is 10.3. The largest absolute Gasteiger partial charge is 0.394 e. The van der Waals surface area contributed by atoms with Crippen LogP contribution in [-0.2, 0) is 6.54 Å². The normalized spacial score (nSPS) is 12.7. The highest BCUT2D eigenvalue weighted by atomic mass is 16.3. The predicted octanol–water partition coefficient (Wildman–Crippen LogP) is -2.08. The van der Waals surface area contributed by atoms with Gasteiger partial charge >= 0.3 is 0 Å². The molecule has 0 radical (unpaired) electrons. The SMILES string of the molecule is NC(=O)c1ncn(C[C@@H](O)CO)c1N. The molecule has 0 spiro atoms. The van der Waals surface area contributed by atoms with Crippen LogP contribution in [0.15, 0.2) is 6.33 Å². The van der Waals surface area contributed by atoms with E-state index in [-0.39, 0.29) is 24.7 Å². The Morgan fingerprint density at radius 2 is 2.36 bits per heavy atom. The maximum absolute atomic E-state index is 10.7. The zero-order valence-corrected chi connectivity index (χ0v) is 7.42. The summed E-state index contributed by atoms with van der Waals surface area (Å²) in [7, 11) is 0. The van der Waals surface area contributed by atoms with Crippen molar-refractivity contribution in [3.05, 3.63) is 12.0 Å². The Bertz CT molecular complexity index is 336. The Hall–Kier alpha value is -1.60. The molecule has 0 aliphatic rings. The van der Waals surface area contributed by atoms with Crippen LogP contribution in [0, 0.1) is 0 Å². The summed E-state index contributed by atoms with van der Waals surface area (Å²) in [4.78, 5) is 14.4. The first-order valence-electron chi connectivity index (χ1n) is 3.95. The second-order valence-electron chi connectivity index (χ2n) is 2.83. The standard InChI is InChI=1S/C7H12N4O3/c8-6-5(7(9)14)10-3-11(6)1-4(13)2-12/h3-4,12-13H,1-2,8H2,(H2,9,14)/t4-/m1/s1. The van der Waals surface area contributed by atoms with E-state index in [4.69, 9.17) is 21.7 Å². The highest BCUT2D eigenvalue weighted by Gasteiger charge is 2.14. The summed E-state index contributed by atoms with van der Waals surface area (Å²) in [6, 6.07) is 0. The number of aromatic nitrogens is 2. The maximum Gasteiger partial charge on any atom is 0.271 e. The first kappa shape index (κ1) is 10.5. The van der Waals surface area contributed by atoms with E-state index >= 15 is 0 Å². The number of aliphatic hydroxyl groups excluding tert-OH is 2. The molecule has 0 bridgehead atoms. The zero-order valence-electron chi connectivity index (χ0n) is 7.42. The summed E-state index contributed by atoms with van der Waals surface area (Å²) in [6.07, 6.45) is 0.348. The average molecular weight is 200 g/mol. The monoisotopic (exact) mass is 200 g/mol. The van der Waals surface area contributed by atoms with Gasteiger partial charge < -0.3 is 26.2 Å². The van der Waals surface area contributed by atoms with Crippen LogP contribution in [-0.4, -0.2) is 38.4 Å². The Labute approximate surface area is 80.0 Å². The van der Waals surface area contributed by atoms with Gasteiger partial charge in [0.2, 0.25) is 0 Å². The van der Waals surface area contributed by atoms with Gasteiger partial charge in [-0.15, -0.1) is 0 Å². The summed E-state index contributed by atoms with van der Waals surface area (Å²) in [5, 5.41) is 17.7. The third-order valence-corrected chi connectivity index (χ3v) is 1.73. The molecule has 1 aromatic heterocycles. The number of imidazole rings is 1. The van der Waals surface area contributed by atoms with Gasteiger partial charge in [-0.1, -0.05) is 0 Å². The molecule has 0 saturated heterocycles. The lowest BCUT2D eigenvalue weighted by molar-refractivity contribution is 0.0816. The van der Waals surface area contributed by atoms with Crippen molar-refractivity contribution < 1.29 is 15.0 Å². The number of carbonyl (C=O) groups excluding carboxylic acids is 1. The molecule has 14 heavy (non-hydrogen) atoms. The molecule has 1 atom stereocenters. The third kappa shape index (κ3) is 2.01. The molecular formula is C7H12N4O3. The van der Waals surface area contributed by atoms with Crippen LogP contribution >= 0.6 is 0 Å². The van der Waals surface area contributed by atoms with E-state index in [9.17, 15) is 4.79 Å². The van der Waals surface area contributed by atoms with E-state index in [1.807, 2.05) is 0 Å². The van der Waals surface area contributed by atoms with Gasteiger partial charge in [0, 0.05) is 0 Å². The van der Waals surface area contributed by atoms with Crippen LogP contribution in [0.5, 0.6) is 0 Å². The van der Waals surface area contributed by atoms with Gasteiger partial charge in [0.15, 0.2) is 5.69 Å². The van der Waals surface area contributed by atoms with Crippen LogP contribution in [0.1, 0.15) is 10.5 Å². The molecule has 1 heterocycles. The van der Waals surface area contributed by atoms with Gasteiger partial charge in [-0.2, -0.15) is 0 Å². The fourth-order valence-corrected chi connectivity index (χ4v) is 1.01. The first-order chi connectivity index (χ1) is 6.56. The quantitative estimate of drug-likeness (QED) is 0.443. The summed E-state index contributed by atoms with van der Waals surface area (Å²) in [5.74, 6) is -0.635. The van der Waals surface area contributed by atoms with E-state index in [0.717, 1.165) is 0 Å². The van der Waals surface area contributed by atoms with Crippen molar-refractivity contribution in [2.24, 2.45) is 5.73 Å². The lowest BCUT2D eigenvalue weighted by Gasteiger charge is -2.08. The summed E-state index contributed by atoms with van der Waals surface area (Å²) >= 11 is 0. The number of hydrogen-bond donors (Lipinski definition) is 4. The van der Waals surface area contributed by atoms with Crippen molar-refractivity contribution in [3.8, 4) is 0 Å². The number of anilines is 1. The Morgan fingerprint density at radius 3 is 2.79 bits per heavy atom. The van der Waals surface area contributed by atoms with E-state index in [1.54, 1.807) is 0 Å². The number of carbonyl (C=O) groups is 1. The minimum Gasteiger partial charge on any atom is -0.394 e. The Balaban J connectivity index is 2.84. The predicted molar refractivity (Wildman–Crippen MR) is 48.2 cm³/mol. The fourth-order valence-electron chi connectivity index (χ4n) is 1.01. The molecule has 0 aliphatic heterocycles. The van der Waals surface area contributed by atoms with Crippen LogP contribution in [0.2, 0.25) is 0 Å². The molecule has 78 valence electrons. The highest BCUT2D eigenvalue weighted by molar-refractivity contribution is 5.95. The van der Waals surface area contributed by atoms with Crippen molar-refractivity contribution in [3.63, 3.8) is 0 Å². The van der Waals surface area contributed by atoms with E-state index in [2.05, 4.69) is 4.98 Å². The molecule has 1 amide bonds. The molecule has 0 saturated carbocycles. The molecule has 0 unspecified atom stereocenters.